The maximum atomic E-state index is 10.9. The lowest BCUT2D eigenvalue weighted by Gasteiger charge is -2.16. The van der Waals surface area contributed by atoms with Gasteiger partial charge in [-0.05, 0) is 12.1 Å². The van der Waals surface area contributed by atoms with Gasteiger partial charge in [-0.3, -0.25) is 9.78 Å². The van der Waals surface area contributed by atoms with E-state index in [0.29, 0.717) is 5.69 Å². The Morgan fingerprint density at radius 2 is 2.18 bits per heavy atom. The van der Waals surface area contributed by atoms with Crippen LogP contribution in [0.3, 0.4) is 0 Å². The van der Waals surface area contributed by atoms with E-state index in [4.69, 9.17) is 5.11 Å². The molecule has 3 N–H and O–H groups in total. The summed E-state index contributed by atoms with van der Waals surface area (Å²) in [6, 6.07) is 4.69. The third-order valence-electron chi connectivity index (χ3n) is 2.26. The molecule has 0 bridgehead atoms. The van der Waals surface area contributed by atoms with Gasteiger partial charge in [-0.2, -0.15) is 0 Å². The fraction of sp³-hybridized carbons (Fsp3) is 0.455. The van der Waals surface area contributed by atoms with Crippen molar-refractivity contribution < 1.29 is 24.9 Å². The Hall–Kier alpha value is -1.50. The van der Waals surface area contributed by atoms with Crippen molar-refractivity contribution >= 4 is 5.97 Å². The molecule has 6 nitrogen and oxygen atoms in total. The Balaban J connectivity index is 2.73. The molecule has 0 aliphatic heterocycles. The molecule has 0 fully saturated rings. The van der Waals surface area contributed by atoms with Gasteiger partial charge in [-0.1, -0.05) is 6.07 Å². The van der Waals surface area contributed by atoms with Gasteiger partial charge in [0.1, 0.15) is 6.10 Å². The molecule has 2 atom stereocenters. The van der Waals surface area contributed by atoms with E-state index in [0.717, 1.165) is 0 Å². The van der Waals surface area contributed by atoms with Gasteiger partial charge in [0.25, 0.3) is 0 Å². The van der Waals surface area contributed by atoms with E-state index in [9.17, 15) is 15.0 Å². The predicted molar refractivity (Wildman–Crippen MR) is 57.8 cm³/mol. The molecule has 17 heavy (non-hydrogen) atoms. The Morgan fingerprint density at radius 3 is 2.76 bits per heavy atom. The summed E-state index contributed by atoms with van der Waals surface area (Å²) in [5, 5.41) is 28.2. The van der Waals surface area contributed by atoms with Gasteiger partial charge in [-0.15, -0.1) is 0 Å². The van der Waals surface area contributed by atoms with E-state index in [2.05, 4.69) is 9.72 Å². The van der Waals surface area contributed by atoms with E-state index < -0.39 is 18.2 Å². The minimum absolute atomic E-state index is 0.202. The summed E-state index contributed by atoms with van der Waals surface area (Å²) in [6.07, 6.45) is -2.90. The minimum atomic E-state index is -1.29. The molecule has 0 radical (unpaired) electrons. The summed E-state index contributed by atoms with van der Waals surface area (Å²) >= 11 is 0. The fourth-order valence-electron chi connectivity index (χ4n) is 1.31. The number of rotatable bonds is 5. The molecule has 0 saturated heterocycles. The first-order valence-corrected chi connectivity index (χ1v) is 5.08. The topological polar surface area (TPSA) is 99.9 Å². The normalized spacial score (nSPS) is 14.1. The van der Waals surface area contributed by atoms with Crippen LogP contribution in [-0.4, -0.2) is 39.5 Å². The standard InChI is InChI=1S/C11H15NO5/c1-17-10(15)5-9(14)11(16)8-4-2-3-7(6-13)12-8/h2-4,9,11,13-14,16H,5-6H2,1H3. The van der Waals surface area contributed by atoms with Gasteiger partial charge in [0, 0.05) is 0 Å². The zero-order valence-corrected chi connectivity index (χ0v) is 9.41. The minimum Gasteiger partial charge on any atom is -0.469 e. The van der Waals surface area contributed by atoms with Crippen LogP contribution < -0.4 is 0 Å². The molecular formula is C11H15NO5. The molecule has 0 aliphatic carbocycles. The Kier molecular flexibility index (Phi) is 5.02. The van der Waals surface area contributed by atoms with Crippen LogP contribution >= 0.6 is 0 Å². The van der Waals surface area contributed by atoms with Crippen molar-refractivity contribution in [2.24, 2.45) is 0 Å². The second kappa shape index (κ2) is 6.29. The molecule has 0 spiro atoms. The molecule has 1 aromatic rings. The van der Waals surface area contributed by atoms with E-state index in [1.807, 2.05) is 0 Å². The highest BCUT2D eigenvalue weighted by atomic mass is 16.5. The zero-order chi connectivity index (χ0) is 12.8. The van der Waals surface area contributed by atoms with Crippen molar-refractivity contribution in [2.75, 3.05) is 7.11 Å². The molecule has 1 rings (SSSR count). The summed E-state index contributed by atoms with van der Waals surface area (Å²) in [4.78, 5) is 14.9. The third-order valence-corrected chi connectivity index (χ3v) is 2.26. The first-order chi connectivity index (χ1) is 8.08. The monoisotopic (exact) mass is 241 g/mol. The first kappa shape index (κ1) is 13.6. The second-order valence-electron chi connectivity index (χ2n) is 3.50. The predicted octanol–water partition coefficient (Wildman–Crippen LogP) is -0.469. The molecule has 0 aliphatic rings. The molecule has 1 aromatic heterocycles. The lowest BCUT2D eigenvalue weighted by atomic mass is 10.1. The highest BCUT2D eigenvalue weighted by molar-refractivity contribution is 5.69. The van der Waals surface area contributed by atoms with Crippen LogP contribution in [0.5, 0.6) is 0 Å². The number of carbonyl (C=O) groups excluding carboxylic acids is 1. The Bertz CT molecular complexity index is 382. The number of ether oxygens (including phenoxy) is 1. The smallest absolute Gasteiger partial charge is 0.308 e. The summed E-state index contributed by atoms with van der Waals surface area (Å²) in [6.45, 7) is -0.256. The SMILES string of the molecule is COC(=O)CC(O)C(O)c1cccc(CO)n1. The average molecular weight is 241 g/mol. The molecule has 0 amide bonds. The van der Waals surface area contributed by atoms with Crippen LogP contribution in [0.2, 0.25) is 0 Å². The number of aliphatic hydroxyl groups is 3. The van der Waals surface area contributed by atoms with E-state index in [1.165, 1.54) is 13.2 Å². The van der Waals surface area contributed by atoms with Crippen LogP contribution in [0.4, 0.5) is 0 Å². The van der Waals surface area contributed by atoms with Crippen molar-refractivity contribution in [3.63, 3.8) is 0 Å². The second-order valence-corrected chi connectivity index (χ2v) is 3.50. The third kappa shape index (κ3) is 3.77. The molecule has 6 heteroatoms. The number of methoxy groups -OCH3 is 1. The number of aliphatic hydroxyl groups excluding tert-OH is 3. The highest BCUT2D eigenvalue weighted by Gasteiger charge is 2.22. The zero-order valence-electron chi connectivity index (χ0n) is 9.41. The van der Waals surface area contributed by atoms with Crippen molar-refractivity contribution in [1.29, 1.82) is 0 Å². The number of hydrogen-bond donors (Lipinski definition) is 3. The lowest BCUT2D eigenvalue weighted by Crippen LogP contribution is -2.23. The van der Waals surface area contributed by atoms with Crippen LogP contribution in [0.25, 0.3) is 0 Å². The fourth-order valence-corrected chi connectivity index (χ4v) is 1.31. The Morgan fingerprint density at radius 1 is 1.47 bits per heavy atom. The molecule has 94 valence electrons. The van der Waals surface area contributed by atoms with Crippen LogP contribution in [0, 0.1) is 0 Å². The van der Waals surface area contributed by atoms with Gasteiger partial charge in [-0.25, -0.2) is 0 Å². The van der Waals surface area contributed by atoms with Crippen LogP contribution in [0.1, 0.15) is 23.9 Å². The summed E-state index contributed by atoms with van der Waals surface area (Å²) in [7, 11) is 1.20. The molecule has 1 heterocycles. The van der Waals surface area contributed by atoms with Crippen molar-refractivity contribution in [3.05, 3.63) is 29.6 Å². The molecule has 0 aromatic carbocycles. The number of aromatic nitrogens is 1. The van der Waals surface area contributed by atoms with Crippen molar-refractivity contribution in [2.45, 2.75) is 25.2 Å². The first-order valence-electron chi connectivity index (χ1n) is 5.08. The number of hydrogen-bond acceptors (Lipinski definition) is 6. The van der Waals surface area contributed by atoms with E-state index in [1.54, 1.807) is 12.1 Å². The van der Waals surface area contributed by atoms with Crippen LogP contribution in [0.15, 0.2) is 18.2 Å². The van der Waals surface area contributed by atoms with E-state index >= 15 is 0 Å². The van der Waals surface area contributed by atoms with Gasteiger partial charge in [0.2, 0.25) is 0 Å². The number of carbonyl (C=O) groups is 1. The highest BCUT2D eigenvalue weighted by Crippen LogP contribution is 2.17. The quantitative estimate of drug-likeness (QED) is 0.603. The summed E-state index contributed by atoms with van der Waals surface area (Å²) in [5.74, 6) is -0.616. The van der Waals surface area contributed by atoms with Gasteiger partial charge in [0.05, 0.1) is 37.6 Å². The van der Waals surface area contributed by atoms with Gasteiger partial charge >= 0.3 is 5.97 Å². The number of pyridine rings is 1. The van der Waals surface area contributed by atoms with Gasteiger partial charge in [0.15, 0.2) is 0 Å². The molecule has 2 unspecified atom stereocenters. The Labute approximate surface area is 98.5 Å². The summed E-state index contributed by atoms with van der Waals surface area (Å²) in [5.41, 5.74) is 0.583. The maximum Gasteiger partial charge on any atom is 0.308 e. The van der Waals surface area contributed by atoms with E-state index in [-0.39, 0.29) is 18.7 Å². The maximum absolute atomic E-state index is 10.9. The lowest BCUT2D eigenvalue weighted by molar-refractivity contribution is -0.144. The average Bonchev–Trinajstić information content (AvgIpc) is 2.37. The molecule has 0 saturated carbocycles. The molecular weight excluding hydrogens is 226 g/mol. The summed E-state index contributed by atoms with van der Waals surface area (Å²) < 4.78 is 4.38. The number of esters is 1. The van der Waals surface area contributed by atoms with Crippen LogP contribution in [-0.2, 0) is 16.1 Å². The van der Waals surface area contributed by atoms with Crippen molar-refractivity contribution in [1.82, 2.24) is 4.98 Å². The van der Waals surface area contributed by atoms with Crippen molar-refractivity contribution in [3.8, 4) is 0 Å². The number of nitrogens with zero attached hydrogens (tertiary/aromatic N) is 1. The van der Waals surface area contributed by atoms with Gasteiger partial charge < -0.3 is 20.1 Å². The largest absolute Gasteiger partial charge is 0.469 e.